The Hall–Kier alpha value is -7.83. The molecule has 0 spiro atoms. The zero-order chi connectivity index (χ0) is 43.1. The first-order valence-electron chi connectivity index (χ1n) is 18.0. The Balaban J connectivity index is 1.78. The summed E-state index contributed by atoms with van der Waals surface area (Å²) in [6.45, 7) is 20.4. The van der Waals surface area contributed by atoms with Crippen LogP contribution in [0.3, 0.4) is 0 Å². The van der Waals surface area contributed by atoms with E-state index in [-0.39, 0.29) is 33.4 Å². The molecule has 0 unspecified atom stereocenters. The second kappa shape index (κ2) is 20.9. The van der Waals surface area contributed by atoms with E-state index in [1.165, 1.54) is 44.6 Å². The lowest BCUT2D eigenvalue weighted by atomic mass is 9.90. The summed E-state index contributed by atoms with van der Waals surface area (Å²) >= 11 is 0. The lowest BCUT2D eigenvalue weighted by molar-refractivity contribution is -0.134. The van der Waals surface area contributed by atoms with E-state index in [1.807, 2.05) is 36.4 Å². The number of esters is 4. The molecule has 4 rings (SSSR count). The maximum Gasteiger partial charge on any atom is 0.337 e. The standard InChI is InChI=1S/C50H41FO8/c1-32(2)47(52)56-27-23-37-11-9-36(10-12-37)15-18-42-31-45(51)46(44(26-30-59-50(55)35(7)8)43(42)25-29-58-49(54)34(5)6)41-21-19-40(20-22-41)39-16-13-38(14-17-39)24-28-57-48(53)33(3)4/h9-14,16-17,19-31H,1,3,5,7H2,2,4,6,8H3/b27-23+,28-24+,29-25+,30-26+. The summed E-state index contributed by atoms with van der Waals surface area (Å²) in [5, 5.41) is 0. The molecule has 0 aliphatic heterocycles. The Morgan fingerprint density at radius 2 is 0.847 bits per heavy atom. The fourth-order valence-corrected chi connectivity index (χ4v) is 4.95. The molecular weight excluding hydrogens is 748 g/mol. The van der Waals surface area contributed by atoms with Crippen molar-refractivity contribution in [2.24, 2.45) is 0 Å². The van der Waals surface area contributed by atoms with Gasteiger partial charge >= 0.3 is 23.9 Å². The van der Waals surface area contributed by atoms with Crippen LogP contribution in [-0.2, 0) is 38.1 Å². The van der Waals surface area contributed by atoms with E-state index in [1.54, 1.807) is 62.4 Å². The summed E-state index contributed by atoms with van der Waals surface area (Å²) in [5.74, 6) is 3.04. The maximum absolute atomic E-state index is 16.5. The van der Waals surface area contributed by atoms with Crippen molar-refractivity contribution in [3.63, 3.8) is 0 Å². The Morgan fingerprint density at radius 3 is 1.27 bits per heavy atom. The van der Waals surface area contributed by atoms with Gasteiger partial charge in [0.25, 0.3) is 0 Å². The van der Waals surface area contributed by atoms with Crippen molar-refractivity contribution in [1.82, 2.24) is 0 Å². The highest BCUT2D eigenvalue weighted by Crippen LogP contribution is 2.35. The molecule has 0 aliphatic carbocycles. The van der Waals surface area contributed by atoms with Crippen LogP contribution in [0.2, 0.25) is 0 Å². The van der Waals surface area contributed by atoms with Gasteiger partial charge in [-0.05, 0) is 104 Å². The van der Waals surface area contributed by atoms with Gasteiger partial charge in [0.05, 0.1) is 25.0 Å². The average molecular weight is 789 g/mol. The molecule has 0 aliphatic rings. The summed E-state index contributed by atoms with van der Waals surface area (Å²) in [4.78, 5) is 47.9. The number of hydrogen-bond donors (Lipinski definition) is 0. The van der Waals surface area contributed by atoms with E-state index < -0.39 is 29.7 Å². The van der Waals surface area contributed by atoms with E-state index in [9.17, 15) is 19.2 Å². The molecule has 4 aromatic rings. The molecule has 9 heteroatoms. The first-order chi connectivity index (χ1) is 28.1. The first kappa shape index (κ1) is 43.9. The normalized spacial score (nSPS) is 10.9. The Kier molecular flexibility index (Phi) is 15.6. The van der Waals surface area contributed by atoms with E-state index >= 15 is 4.39 Å². The van der Waals surface area contributed by atoms with Crippen molar-refractivity contribution in [2.45, 2.75) is 27.7 Å². The number of ether oxygens (including phenoxy) is 4. The molecule has 0 fully saturated rings. The summed E-state index contributed by atoms with van der Waals surface area (Å²) in [5.41, 5.74) is 6.24. The van der Waals surface area contributed by atoms with Crippen molar-refractivity contribution in [1.29, 1.82) is 0 Å². The zero-order valence-corrected chi connectivity index (χ0v) is 33.1. The van der Waals surface area contributed by atoms with Crippen LogP contribution in [0.5, 0.6) is 0 Å². The highest BCUT2D eigenvalue weighted by atomic mass is 19.1. The molecule has 296 valence electrons. The number of rotatable bonds is 14. The predicted octanol–water partition coefficient (Wildman–Crippen LogP) is 10.9. The number of carbonyl (C=O) groups is 4. The van der Waals surface area contributed by atoms with Crippen LogP contribution in [0.25, 0.3) is 46.6 Å². The summed E-state index contributed by atoms with van der Waals surface area (Å²) in [6.07, 6.45) is 11.0. The SMILES string of the molecule is C=C(C)C(=O)O/C=C/c1ccc(C#Cc2cc(F)c(-c3ccc(-c4ccc(/C=C/OC(=O)C(=C)C)cc4)cc3)c(/C=C/OC(=O)C(=C)C)c2/C=C/OC(=O)C(=C)C)cc1. The Morgan fingerprint density at radius 1 is 0.492 bits per heavy atom. The van der Waals surface area contributed by atoms with Gasteiger partial charge in [-0.25, -0.2) is 23.6 Å². The van der Waals surface area contributed by atoms with Gasteiger partial charge in [-0.2, -0.15) is 0 Å². The second-order valence-electron chi connectivity index (χ2n) is 13.1. The quantitative estimate of drug-likeness (QED) is 0.0409. The molecule has 59 heavy (non-hydrogen) atoms. The zero-order valence-electron chi connectivity index (χ0n) is 33.1. The molecule has 0 N–H and O–H groups in total. The molecule has 0 bridgehead atoms. The fourth-order valence-electron chi connectivity index (χ4n) is 4.95. The highest BCUT2D eigenvalue weighted by molar-refractivity contribution is 5.90. The minimum absolute atomic E-state index is 0.156. The van der Waals surface area contributed by atoms with Crippen LogP contribution in [0, 0.1) is 17.7 Å². The highest BCUT2D eigenvalue weighted by Gasteiger charge is 2.18. The van der Waals surface area contributed by atoms with Crippen LogP contribution >= 0.6 is 0 Å². The second-order valence-corrected chi connectivity index (χ2v) is 13.1. The third kappa shape index (κ3) is 12.9. The molecule has 0 saturated carbocycles. The van der Waals surface area contributed by atoms with E-state index in [4.69, 9.17) is 18.9 Å². The maximum atomic E-state index is 16.5. The van der Waals surface area contributed by atoms with Crippen LogP contribution in [0.15, 0.2) is 153 Å². The molecule has 0 heterocycles. The Bertz CT molecular complexity index is 2500. The van der Waals surface area contributed by atoms with E-state index in [0.717, 1.165) is 34.8 Å². The molecule has 0 atom stereocenters. The molecular formula is C50H41FO8. The monoisotopic (exact) mass is 788 g/mol. The van der Waals surface area contributed by atoms with Gasteiger partial charge in [0.1, 0.15) is 5.82 Å². The number of carbonyl (C=O) groups excluding carboxylic acids is 4. The smallest absolute Gasteiger partial charge is 0.337 e. The van der Waals surface area contributed by atoms with Crippen LogP contribution in [0.1, 0.15) is 61.1 Å². The third-order valence-corrected chi connectivity index (χ3v) is 8.11. The van der Waals surface area contributed by atoms with Crippen molar-refractivity contribution >= 4 is 48.2 Å². The van der Waals surface area contributed by atoms with Crippen molar-refractivity contribution < 1.29 is 42.5 Å². The van der Waals surface area contributed by atoms with Gasteiger partial charge in [0.15, 0.2) is 0 Å². The summed E-state index contributed by atoms with van der Waals surface area (Å²) in [7, 11) is 0. The number of hydrogen-bond acceptors (Lipinski definition) is 8. The predicted molar refractivity (Wildman–Crippen MR) is 229 cm³/mol. The molecule has 0 amide bonds. The van der Waals surface area contributed by atoms with Crippen molar-refractivity contribution in [2.75, 3.05) is 0 Å². The molecule has 0 radical (unpaired) electrons. The van der Waals surface area contributed by atoms with E-state index in [0.29, 0.717) is 22.3 Å². The number of benzene rings is 4. The van der Waals surface area contributed by atoms with Crippen LogP contribution < -0.4 is 0 Å². The van der Waals surface area contributed by atoms with Crippen molar-refractivity contribution in [3.8, 4) is 34.1 Å². The minimum Gasteiger partial charge on any atom is -0.431 e. The molecule has 0 aromatic heterocycles. The largest absolute Gasteiger partial charge is 0.431 e. The van der Waals surface area contributed by atoms with Crippen molar-refractivity contribution in [3.05, 3.63) is 192 Å². The Labute approximate surface area is 343 Å². The lowest BCUT2D eigenvalue weighted by Gasteiger charge is -2.15. The van der Waals surface area contributed by atoms with E-state index in [2.05, 4.69) is 38.2 Å². The van der Waals surface area contributed by atoms with Gasteiger partial charge in [0.2, 0.25) is 0 Å². The number of halogens is 1. The van der Waals surface area contributed by atoms with Gasteiger partial charge in [0, 0.05) is 44.5 Å². The minimum atomic E-state index is -0.683. The average Bonchev–Trinajstić information content (AvgIpc) is 3.21. The first-order valence-corrected chi connectivity index (χ1v) is 18.0. The van der Waals surface area contributed by atoms with Gasteiger partial charge < -0.3 is 18.9 Å². The molecule has 8 nitrogen and oxygen atoms in total. The summed E-state index contributed by atoms with van der Waals surface area (Å²) < 4.78 is 37.0. The van der Waals surface area contributed by atoms with Crippen LogP contribution in [-0.4, -0.2) is 23.9 Å². The van der Waals surface area contributed by atoms with Gasteiger partial charge in [-0.3, -0.25) is 0 Å². The fraction of sp³-hybridized carbons (Fsp3) is 0.0800. The summed E-state index contributed by atoms with van der Waals surface area (Å²) in [6, 6.07) is 23.0. The lowest BCUT2D eigenvalue weighted by Crippen LogP contribution is -2.01. The van der Waals surface area contributed by atoms with Gasteiger partial charge in [-0.15, -0.1) is 0 Å². The van der Waals surface area contributed by atoms with Crippen LogP contribution in [0.4, 0.5) is 4.39 Å². The topological polar surface area (TPSA) is 105 Å². The molecule has 4 aromatic carbocycles. The molecule has 0 saturated heterocycles. The van der Waals surface area contributed by atoms with Gasteiger partial charge in [-0.1, -0.05) is 98.8 Å². The third-order valence-electron chi connectivity index (χ3n) is 8.11.